The first kappa shape index (κ1) is 12.8. The second-order valence-electron chi connectivity index (χ2n) is 5.08. The largest absolute Gasteiger partial charge is 0.310 e. The molecule has 1 aliphatic carbocycles. The van der Waals surface area contributed by atoms with Gasteiger partial charge < -0.3 is 5.32 Å². The molecule has 2 heteroatoms. The van der Waals surface area contributed by atoms with Gasteiger partial charge in [-0.1, -0.05) is 19.1 Å². The molecule has 0 amide bonds. The van der Waals surface area contributed by atoms with Gasteiger partial charge in [-0.25, -0.2) is 0 Å². The van der Waals surface area contributed by atoms with Gasteiger partial charge in [-0.05, 0) is 56.2 Å². The van der Waals surface area contributed by atoms with Crippen LogP contribution in [-0.4, -0.2) is 12.6 Å². The molecule has 1 aromatic heterocycles. The van der Waals surface area contributed by atoms with Crippen molar-refractivity contribution in [1.82, 2.24) is 5.32 Å². The van der Waals surface area contributed by atoms with Crippen molar-refractivity contribution < 1.29 is 0 Å². The molecule has 0 radical (unpaired) electrons. The SMILES string of the molecule is C=C(C)C(NCCC)C1CCCc2sccc21. The van der Waals surface area contributed by atoms with Crippen molar-refractivity contribution in [3.63, 3.8) is 0 Å². The first-order chi connectivity index (χ1) is 8.24. The average Bonchev–Trinajstić information content (AvgIpc) is 2.77. The summed E-state index contributed by atoms with van der Waals surface area (Å²) in [7, 11) is 0. The van der Waals surface area contributed by atoms with E-state index in [1.807, 2.05) is 11.3 Å². The number of aryl methyl sites for hydroxylation is 1. The van der Waals surface area contributed by atoms with E-state index in [2.05, 4.69) is 37.2 Å². The molecule has 1 aromatic rings. The van der Waals surface area contributed by atoms with Crippen molar-refractivity contribution in [3.05, 3.63) is 34.0 Å². The Morgan fingerprint density at radius 1 is 1.65 bits per heavy atom. The number of rotatable bonds is 5. The fraction of sp³-hybridized carbons (Fsp3) is 0.600. The van der Waals surface area contributed by atoms with Gasteiger partial charge in [0.25, 0.3) is 0 Å². The van der Waals surface area contributed by atoms with E-state index in [9.17, 15) is 0 Å². The summed E-state index contributed by atoms with van der Waals surface area (Å²) in [5.41, 5.74) is 2.86. The number of nitrogens with one attached hydrogen (secondary N) is 1. The Bertz CT molecular complexity index is 380. The van der Waals surface area contributed by atoms with Gasteiger partial charge in [0.05, 0.1) is 0 Å². The lowest BCUT2D eigenvalue weighted by molar-refractivity contribution is 0.433. The van der Waals surface area contributed by atoms with Crippen molar-refractivity contribution in [1.29, 1.82) is 0 Å². The van der Waals surface area contributed by atoms with E-state index >= 15 is 0 Å². The van der Waals surface area contributed by atoms with Gasteiger partial charge in [0.15, 0.2) is 0 Å². The lowest BCUT2D eigenvalue weighted by atomic mass is 9.80. The fourth-order valence-corrected chi connectivity index (χ4v) is 3.82. The van der Waals surface area contributed by atoms with Gasteiger partial charge in [-0.15, -0.1) is 11.3 Å². The number of thiophene rings is 1. The molecule has 17 heavy (non-hydrogen) atoms. The zero-order valence-electron chi connectivity index (χ0n) is 11.0. The van der Waals surface area contributed by atoms with Crippen LogP contribution in [0.3, 0.4) is 0 Å². The van der Waals surface area contributed by atoms with Crippen LogP contribution in [-0.2, 0) is 6.42 Å². The summed E-state index contributed by atoms with van der Waals surface area (Å²) in [4.78, 5) is 1.60. The van der Waals surface area contributed by atoms with E-state index in [4.69, 9.17) is 0 Å². The van der Waals surface area contributed by atoms with Gasteiger partial charge in [-0.3, -0.25) is 0 Å². The van der Waals surface area contributed by atoms with E-state index in [0.717, 1.165) is 6.54 Å². The second-order valence-corrected chi connectivity index (χ2v) is 6.08. The van der Waals surface area contributed by atoms with Crippen LogP contribution in [0.2, 0.25) is 0 Å². The Morgan fingerprint density at radius 2 is 2.47 bits per heavy atom. The molecule has 2 unspecified atom stereocenters. The maximum Gasteiger partial charge on any atom is 0.0343 e. The molecule has 2 rings (SSSR count). The minimum absolute atomic E-state index is 0.462. The van der Waals surface area contributed by atoms with Crippen molar-refractivity contribution in [2.45, 2.75) is 51.5 Å². The number of hydrogen-bond acceptors (Lipinski definition) is 2. The molecule has 2 atom stereocenters. The zero-order valence-corrected chi connectivity index (χ0v) is 11.8. The van der Waals surface area contributed by atoms with Gasteiger partial charge in [0, 0.05) is 16.8 Å². The molecule has 0 spiro atoms. The first-order valence-corrected chi connectivity index (χ1v) is 7.57. The molecule has 0 fully saturated rings. The quantitative estimate of drug-likeness (QED) is 0.774. The summed E-state index contributed by atoms with van der Waals surface area (Å²) in [5.74, 6) is 0.647. The third-order valence-electron chi connectivity index (χ3n) is 3.65. The predicted molar refractivity (Wildman–Crippen MR) is 76.9 cm³/mol. The van der Waals surface area contributed by atoms with E-state index in [1.165, 1.54) is 31.3 Å². The summed E-state index contributed by atoms with van der Waals surface area (Å²) in [5, 5.41) is 5.92. The molecule has 1 nitrogen and oxygen atoms in total. The van der Waals surface area contributed by atoms with Crippen molar-refractivity contribution in [2.24, 2.45) is 0 Å². The van der Waals surface area contributed by atoms with Gasteiger partial charge >= 0.3 is 0 Å². The van der Waals surface area contributed by atoms with Crippen molar-refractivity contribution in [2.75, 3.05) is 6.54 Å². The van der Waals surface area contributed by atoms with Gasteiger partial charge in [0.2, 0.25) is 0 Å². The highest BCUT2D eigenvalue weighted by atomic mass is 32.1. The molecular formula is C15H23NS. The van der Waals surface area contributed by atoms with Crippen LogP contribution in [0, 0.1) is 0 Å². The Kier molecular flexibility index (Phi) is 4.41. The molecule has 0 saturated carbocycles. The molecule has 0 aliphatic heterocycles. The van der Waals surface area contributed by atoms with Crippen molar-refractivity contribution in [3.8, 4) is 0 Å². The summed E-state index contributed by atoms with van der Waals surface area (Å²) in [6.07, 6.45) is 5.10. The van der Waals surface area contributed by atoms with Crippen LogP contribution in [0.15, 0.2) is 23.6 Å². The Balaban J connectivity index is 2.18. The smallest absolute Gasteiger partial charge is 0.0343 e. The second kappa shape index (κ2) is 5.83. The lowest BCUT2D eigenvalue weighted by Crippen LogP contribution is -2.37. The molecule has 0 bridgehead atoms. The summed E-state index contributed by atoms with van der Waals surface area (Å²) < 4.78 is 0. The number of fused-ring (bicyclic) bond motifs is 1. The maximum absolute atomic E-state index is 4.18. The fourth-order valence-electron chi connectivity index (χ4n) is 2.83. The number of hydrogen-bond donors (Lipinski definition) is 1. The highest BCUT2D eigenvalue weighted by Crippen LogP contribution is 2.38. The molecule has 1 N–H and O–H groups in total. The third-order valence-corrected chi connectivity index (χ3v) is 4.64. The highest BCUT2D eigenvalue weighted by Gasteiger charge is 2.28. The van der Waals surface area contributed by atoms with Crippen molar-refractivity contribution >= 4 is 11.3 Å². The Morgan fingerprint density at radius 3 is 3.18 bits per heavy atom. The molecule has 0 saturated heterocycles. The van der Waals surface area contributed by atoms with E-state index in [1.54, 1.807) is 10.4 Å². The van der Waals surface area contributed by atoms with Crippen LogP contribution < -0.4 is 5.32 Å². The Labute approximate surface area is 109 Å². The monoisotopic (exact) mass is 249 g/mol. The predicted octanol–water partition coefficient (Wildman–Crippen LogP) is 4.11. The van der Waals surface area contributed by atoms with Gasteiger partial charge in [-0.2, -0.15) is 0 Å². The van der Waals surface area contributed by atoms with E-state index < -0.39 is 0 Å². The normalized spacial score (nSPS) is 20.9. The Hall–Kier alpha value is -0.600. The third kappa shape index (κ3) is 2.80. The zero-order chi connectivity index (χ0) is 12.3. The maximum atomic E-state index is 4.18. The molecule has 1 aliphatic rings. The van der Waals surface area contributed by atoms with Gasteiger partial charge in [0.1, 0.15) is 0 Å². The minimum atomic E-state index is 0.462. The molecule has 1 heterocycles. The molecule has 94 valence electrons. The van der Waals surface area contributed by atoms with Crippen LogP contribution in [0.5, 0.6) is 0 Å². The average molecular weight is 249 g/mol. The minimum Gasteiger partial charge on any atom is -0.310 e. The summed E-state index contributed by atoms with van der Waals surface area (Å²) >= 11 is 1.92. The molecular weight excluding hydrogens is 226 g/mol. The standard InChI is InChI=1S/C15H23NS/c1-4-9-16-15(11(2)3)13-6-5-7-14-12(13)8-10-17-14/h8,10,13,15-16H,2,4-7,9H2,1,3H3. The van der Waals surface area contributed by atoms with Crippen LogP contribution >= 0.6 is 11.3 Å². The van der Waals surface area contributed by atoms with Crippen LogP contribution in [0.1, 0.15) is 49.5 Å². The first-order valence-electron chi connectivity index (χ1n) is 6.69. The van der Waals surface area contributed by atoms with E-state index in [0.29, 0.717) is 12.0 Å². The molecule has 0 aromatic carbocycles. The van der Waals surface area contributed by atoms with E-state index in [-0.39, 0.29) is 0 Å². The topological polar surface area (TPSA) is 12.0 Å². The lowest BCUT2D eigenvalue weighted by Gasteiger charge is -2.32. The summed E-state index contributed by atoms with van der Waals surface area (Å²) in [6, 6.07) is 2.79. The summed E-state index contributed by atoms with van der Waals surface area (Å²) in [6.45, 7) is 9.65. The highest BCUT2D eigenvalue weighted by molar-refractivity contribution is 7.10. The van der Waals surface area contributed by atoms with Crippen LogP contribution in [0.25, 0.3) is 0 Å². The van der Waals surface area contributed by atoms with Crippen LogP contribution in [0.4, 0.5) is 0 Å².